The van der Waals surface area contributed by atoms with Gasteiger partial charge in [-0.25, -0.2) is 4.98 Å². The van der Waals surface area contributed by atoms with Gasteiger partial charge in [0.15, 0.2) is 11.5 Å². The van der Waals surface area contributed by atoms with E-state index in [2.05, 4.69) is 15.5 Å². The lowest BCUT2D eigenvalue weighted by Crippen LogP contribution is -2.07. The average Bonchev–Trinajstić information content (AvgIpc) is 3.23. The first kappa shape index (κ1) is 24.8. The highest BCUT2D eigenvalue weighted by atomic mass is 35.5. The van der Waals surface area contributed by atoms with Crippen LogP contribution in [0.15, 0.2) is 46.9 Å². The van der Waals surface area contributed by atoms with Gasteiger partial charge in [0.1, 0.15) is 6.61 Å². The van der Waals surface area contributed by atoms with Crippen molar-refractivity contribution in [3.8, 4) is 11.5 Å². The number of hydrogen-bond donors (Lipinski definition) is 1. The van der Waals surface area contributed by atoms with Gasteiger partial charge in [0, 0.05) is 27.6 Å². The molecule has 1 N–H and O–H groups in total. The van der Waals surface area contributed by atoms with E-state index >= 15 is 0 Å². The molecule has 0 unspecified atom stereocenters. The number of hydrazone groups is 1. The molecule has 0 bridgehead atoms. The van der Waals surface area contributed by atoms with Gasteiger partial charge in [-0.15, -0.1) is 11.3 Å². The molecule has 1 heterocycles. The Morgan fingerprint density at radius 3 is 2.67 bits per heavy atom. The molecule has 10 heteroatoms. The zero-order valence-electron chi connectivity index (χ0n) is 18.1. The zero-order valence-corrected chi connectivity index (χ0v) is 20.5. The minimum atomic E-state index is -0.315. The van der Waals surface area contributed by atoms with Crippen molar-refractivity contribution in [1.82, 2.24) is 4.98 Å². The van der Waals surface area contributed by atoms with Crippen LogP contribution in [0.2, 0.25) is 10.0 Å². The predicted octanol–water partition coefficient (Wildman–Crippen LogP) is 5.98. The Bertz CT molecular complexity index is 1120. The summed E-state index contributed by atoms with van der Waals surface area (Å²) in [5.41, 5.74) is 4.96. The van der Waals surface area contributed by atoms with Crippen molar-refractivity contribution in [1.29, 1.82) is 0 Å². The molecule has 0 amide bonds. The van der Waals surface area contributed by atoms with E-state index in [4.69, 9.17) is 37.4 Å². The Labute approximate surface area is 206 Å². The maximum Gasteiger partial charge on any atom is 0.311 e. The van der Waals surface area contributed by atoms with E-state index in [0.717, 1.165) is 5.56 Å². The van der Waals surface area contributed by atoms with Crippen molar-refractivity contribution in [2.24, 2.45) is 5.10 Å². The van der Waals surface area contributed by atoms with Gasteiger partial charge >= 0.3 is 5.97 Å². The van der Waals surface area contributed by atoms with Gasteiger partial charge in [0.05, 0.1) is 36.6 Å². The van der Waals surface area contributed by atoms with Gasteiger partial charge in [0.25, 0.3) is 0 Å². The minimum Gasteiger partial charge on any atom is -0.490 e. The molecule has 2 aromatic carbocycles. The first-order valence-electron chi connectivity index (χ1n) is 10.2. The number of esters is 1. The number of nitrogens with zero attached hydrogens (tertiary/aromatic N) is 2. The molecule has 0 fully saturated rings. The quantitative estimate of drug-likeness (QED) is 0.195. The molecule has 0 atom stereocenters. The number of carbonyl (C=O) groups excluding carboxylic acids is 1. The highest BCUT2D eigenvalue weighted by Crippen LogP contribution is 2.34. The van der Waals surface area contributed by atoms with Crippen LogP contribution in [0.3, 0.4) is 0 Å². The lowest BCUT2D eigenvalue weighted by molar-refractivity contribution is -0.142. The summed E-state index contributed by atoms with van der Waals surface area (Å²) in [6.45, 7) is 4.73. The summed E-state index contributed by atoms with van der Waals surface area (Å²) >= 11 is 14.0. The van der Waals surface area contributed by atoms with Gasteiger partial charge in [-0.3, -0.25) is 10.2 Å². The van der Waals surface area contributed by atoms with Crippen LogP contribution in [0.25, 0.3) is 0 Å². The Balaban J connectivity index is 1.67. The number of aromatic nitrogens is 1. The summed E-state index contributed by atoms with van der Waals surface area (Å²) in [6, 6.07) is 10.9. The van der Waals surface area contributed by atoms with Crippen LogP contribution < -0.4 is 14.9 Å². The molecule has 7 nitrogen and oxygen atoms in total. The summed E-state index contributed by atoms with van der Waals surface area (Å²) in [4.78, 5) is 15.9. The Hall–Kier alpha value is -2.81. The van der Waals surface area contributed by atoms with Crippen LogP contribution in [0.4, 0.5) is 5.13 Å². The predicted molar refractivity (Wildman–Crippen MR) is 132 cm³/mol. The van der Waals surface area contributed by atoms with E-state index in [-0.39, 0.29) is 19.0 Å². The van der Waals surface area contributed by atoms with Gasteiger partial charge in [-0.1, -0.05) is 41.4 Å². The summed E-state index contributed by atoms with van der Waals surface area (Å²) in [7, 11) is 0. The Morgan fingerprint density at radius 1 is 1.12 bits per heavy atom. The molecule has 0 saturated heterocycles. The SMILES string of the molecule is CCOC(=O)Cc1csc(NN=Cc2cc(OCC)c(OCc3ccccc3Cl)cc2Cl)n1. The molecule has 3 rings (SSSR count). The molecule has 0 aliphatic heterocycles. The van der Waals surface area contributed by atoms with Gasteiger partial charge in [-0.2, -0.15) is 5.10 Å². The second-order valence-electron chi connectivity index (χ2n) is 6.63. The number of nitrogens with one attached hydrogen (secondary N) is 1. The highest BCUT2D eigenvalue weighted by Gasteiger charge is 2.12. The van der Waals surface area contributed by atoms with E-state index in [9.17, 15) is 4.79 Å². The Morgan fingerprint density at radius 2 is 1.91 bits per heavy atom. The van der Waals surface area contributed by atoms with E-state index in [0.29, 0.717) is 51.1 Å². The number of benzene rings is 2. The normalized spacial score (nSPS) is 10.9. The second kappa shape index (κ2) is 12.4. The van der Waals surface area contributed by atoms with Gasteiger partial charge in [0.2, 0.25) is 5.13 Å². The van der Waals surface area contributed by atoms with Crippen molar-refractivity contribution in [2.45, 2.75) is 26.9 Å². The molecule has 1 aromatic heterocycles. The van der Waals surface area contributed by atoms with Crippen LogP contribution >= 0.6 is 34.5 Å². The number of halogens is 2. The van der Waals surface area contributed by atoms with Crippen LogP contribution in [0.1, 0.15) is 30.7 Å². The zero-order chi connectivity index (χ0) is 23.6. The molecule has 0 aliphatic carbocycles. The molecule has 0 radical (unpaired) electrons. The number of anilines is 1. The molecule has 174 valence electrons. The van der Waals surface area contributed by atoms with E-state index in [1.165, 1.54) is 11.3 Å². The summed E-state index contributed by atoms with van der Waals surface area (Å²) in [5.74, 6) is 0.738. The fourth-order valence-electron chi connectivity index (χ4n) is 2.76. The summed E-state index contributed by atoms with van der Waals surface area (Å²) in [6.07, 6.45) is 1.68. The van der Waals surface area contributed by atoms with Gasteiger partial charge in [-0.05, 0) is 26.0 Å². The Kier molecular flexibility index (Phi) is 9.35. The monoisotopic (exact) mass is 507 g/mol. The average molecular weight is 508 g/mol. The van der Waals surface area contributed by atoms with E-state index in [1.54, 1.807) is 30.7 Å². The van der Waals surface area contributed by atoms with Crippen LogP contribution in [0.5, 0.6) is 11.5 Å². The molecular weight excluding hydrogens is 485 g/mol. The van der Waals surface area contributed by atoms with Crippen molar-refractivity contribution >= 4 is 51.9 Å². The van der Waals surface area contributed by atoms with E-state index in [1.807, 2.05) is 31.2 Å². The minimum absolute atomic E-state index is 0.120. The highest BCUT2D eigenvalue weighted by molar-refractivity contribution is 7.13. The number of ether oxygens (including phenoxy) is 3. The first-order chi connectivity index (χ1) is 16.0. The third-order valence-electron chi connectivity index (χ3n) is 4.25. The fourth-order valence-corrected chi connectivity index (χ4v) is 3.81. The lowest BCUT2D eigenvalue weighted by Gasteiger charge is -2.14. The standard InChI is InChI=1S/C23H23Cl2N3O4S/c1-3-30-20-9-16(12-26-28-23-27-17(14-33-23)10-22(29)31-4-2)19(25)11-21(20)32-13-15-7-5-6-8-18(15)24/h5-9,11-12,14H,3-4,10,13H2,1-2H3,(H,27,28). The largest absolute Gasteiger partial charge is 0.490 e. The molecule has 3 aromatic rings. The molecule has 0 aliphatic rings. The smallest absolute Gasteiger partial charge is 0.311 e. The number of carbonyl (C=O) groups is 1. The van der Waals surface area contributed by atoms with Crippen LogP contribution in [-0.4, -0.2) is 30.4 Å². The van der Waals surface area contributed by atoms with Crippen LogP contribution in [0, 0.1) is 0 Å². The number of thiazole rings is 1. The van der Waals surface area contributed by atoms with Crippen LogP contribution in [-0.2, 0) is 22.6 Å². The van der Waals surface area contributed by atoms with Crippen molar-refractivity contribution in [3.63, 3.8) is 0 Å². The maximum atomic E-state index is 11.6. The first-order valence-corrected chi connectivity index (χ1v) is 11.8. The second-order valence-corrected chi connectivity index (χ2v) is 8.30. The third-order valence-corrected chi connectivity index (χ3v) is 5.74. The van der Waals surface area contributed by atoms with E-state index < -0.39 is 0 Å². The summed E-state index contributed by atoms with van der Waals surface area (Å²) < 4.78 is 16.6. The third kappa shape index (κ3) is 7.35. The topological polar surface area (TPSA) is 82.0 Å². The molecule has 0 spiro atoms. The lowest BCUT2D eigenvalue weighted by atomic mass is 10.2. The fraction of sp³-hybridized carbons (Fsp3) is 0.261. The van der Waals surface area contributed by atoms with Gasteiger partial charge < -0.3 is 14.2 Å². The molecule has 33 heavy (non-hydrogen) atoms. The van der Waals surface area contributed by atoms with Crippen molar-refractivity contribution < 1.29 is 19.0 Å². The number of hydrogen-bond acceptors (Lipinski definition) is 8. The molecular formula is C23H23Cl2N3O4S. The van der Waals surface area contributed by atoms with Crippen molar-refractivity contribution in [2.75, 3.05) is 18.6 Å². The summed E-state index contributed by atoms with van der Waals surface area (Å²) in [5, 5.41) is 7.59. The van der Waals surface area contributed by atoms with Crippen molar-refractivity contribution in [3.05, 3.63) is 68.6 Å². The maximum absolute atomic E-state index is 11.6. The molecule has 0 saturated carbocycles. The number of rotatable bonds is 11.